The molecular formula is C27H28FN3O3. The highest BCUT2D eigenvalue weighted by atomic mass is 19.1. The molecule has 2 heterocycles. The van der Waals surface area contributed by atoms with Gasteiger partial charge in [-0.05, 0) is 73.2 Å². The fourth-order valence-electron chi connectivity index (χ4n) is 5.05. The van der Waals surface area contributed by atoms with Crippen LogP contribution in [0.2, 0.25) is 0 Å². The smallest absolute Gasteiger partial charge is 0.303 e. The first-order chi connectivity index (χ1) is 16.5. The number of carboxylic acid groups (broad SMARTS) is 1. The van der Waals surface area contributed by atoms with E-state index < -0.39 is 5.97 Å². The molecule has 0 unspecified atom stereocenters. The largest absolute Gasteiger partial charge is 0.490 e. The van der Waals surface area contributed by atoms with Crippen LogP contribution in [-0.2, 0) is 11.2 Å². The lowest BCUT2D eigenvalue weighted by Gasteiger charge is -2.33. The van der Waals surface area contributed by atoms with Crippen molar-refractivity contribution in [3.63, 3.8) is 0 Å². The van der Waals surface area contributed by atoms with E-state index in [0.717, 1.165) is 67.0 Å². The average Bonchev–Trinajstić information content (AvgIpc) is 3.22. The lowest BCUT2D eigenvalue weighted by molar-refractivity contribution is -0.137. The van der Waals surface area contributed by atoms with Crippen LogP contribution in [0.25, 0.3) is 11.4 Å². The van der Waals surface area contributed by atoms with E-state index >= 15 is 0 Å². The second-order valence-electron chi connectivity index (χ2n) is 9.21. The molecule has 0 bridgehead atoms. The number of aromatic nitrogens is 2. The molecule has 1 saturated heterocycles. The molecule has 0 radical (unpaired) electrons. The van der Waals surface area contributed by atoms with Crippen molar-refractivity contribution in [2.45, 2.75) is 51.0 Å². The van der Waals surface area contributed by atoms with Gasteiger partial charge in [0.25, 0.3) is 0 Å². The molecular weight excluding hydrogens is 433 g/mol. The number of carboxylic acids is 1. The van der Waals surface area contributed by atoms with E-state index in [-0.39, 0.29) is 24.3 Å². The van der Waals surface area contributed by atoms with E-state index in [1.807, 2.05) is 25.3 Å². The number of nitrogens with zero attached hydrogens (tertiary/aromatic N) is 3. The highest BCUT2D eigenvalue weighted by Gasteiger charge is 2.27. The Hall–Kier alpha value is -3.48. The predicted octanol–water partition coefficient (Wildman–Crippen LogP) is 5.14. The first kappa shape index (κ1) is 22.3. The van der Waals surface area contributed by atoms with Gasteiger partial charge >= 0.3 is 5.97 Å². The molecule has 0 spiro atoms. The third kappa shape index (κ3) is 4.74. The van der Waals surface area contributed by atoms with Gasteiger partial charge in [-0.25, -0.2) is 14.4 Å². The third-order valence-electron chi connectivity index (χ3n) is 6.83. The van der Waals surface area contributed by atoms with Crippen molar-refractivity contribution in [2.24, 2.45) is 0 Å². The van der Waals surface area contributed by atoms with Crippen LogP contribution in [0.5, 0.6) is 5.75 Å². The van der Waals surface area contributed by atoms with Crippen molar-refractivity contribution in [1.29, 1.82) is 0 Å². The zero-order chi connectivity index (χ0) is 23.7. The minimum Gasteiger partial charge on any atom is -0.490 e. The molecule has 1 atom stereocenters. The van der Waals surface area contributed by atoms with Crippen molar-refractivity contribution in [2.75, 3.05) is 18.0 Å². The molecule has 1 aliphatic heterocycles. The van der Waals surface area contributed by atoms with E-state index in [1.165, 1.54) is 17.7 Å². The van der Waals surface area contributed by atoms with Gasteiger partial charge in [-0.3, -0.25) is 4.79 Å². The number of ether oxygens (including phenoxy) is 1. The van der Waals surface area contributed by atoms with Crippen molar-refractivity contribution in [3.05, 3.63) is 71.2 Å². The van der Waals surface area contributed by atoms with Crippen molar-refractivity contribution < 1.29 is 19.0 Å². The molecule has 1 aromatic heterocycles. The fourth-order valence-corrected chi connectivity index (χ4v) is 5.05. The monoisotopic (exact) mass is 461 g/mol. The summed E-state index contributed by atoms with van der Waals surface area (Å²) in [5.41, 5.74) is 4.18. The SMILES string of the molecule is Cc1cnc(-c2ccc(F)cc2)nc1N1CCC(Oc2ccc3c(c2)CC[C@H]3CC(=O)O)CC1. The van der Waals surface area contributed by atoms with Crippen molar-refractivity contribution in [3.8, 4) is 17.1 Å². The number of piperidine rings is 1. The first-order valence-electron chi connectivity index (χ1n) is 11.8. The highest BCUT2D eigenvalue weighted by molar-refractivity contribution is 5.68. The van der Waals surface area contributed by atoms with Gasteiger partial charge in [-0.1, -0.05) is 6.07 Å². The van der Waals surface area contributed by atoms with Crippen LogP contribution >= 0.6 is 0 Å². The number of halogens is 1. The molecule has 1 aliphatic carbocycles. The topological polar surface area (TPSA) is 75.5 Å². The maximum atomic E-state index is 13.3. The predicted molar refractivity (Wildman–Crippen MR) is 128 cm³/mol. The number of aliphatic carboxylic acids is 1. The fraction of sp³-hybridized carbons (Fsp3) is 0.370. The van der Waals surface area contributed by atoms with Crippen LogP contribution < -0.4 is 9.64 Å². The summed E-state index contributed by atoms with van der Waals surface area (Å²) in [5, 5.41) is 9.12. The molecule has 2 aliphatic rings. The summed E-state index contributed by atoms with van der Waals surface area (Å²) in [5.74, 6) is 1.47. The van der Waals surface area contributed by atoms with Gasteiger partial charge in [0.2, 0.25) is 0 Å². The number of rotatable bonds is 6. The lowest BCUT2D eigenvalue weighted by Crippen LogP contribution is -2.39. The Labute approximate surface area is 198 Å². The summed E-state index contributed by atoms with van der Waals surface area (Å²) >= 11 is 0. The van der Waals surface area contributed by atoms with Crippen LogP contribution in [0.3, 0.4) is 0 Å². The Morgan fingerprint density at radius 3 is 2.65 bits per heavy atom. The number of carbonyl (C=O) groups is 1. The minimum atomic E-state index is -0.742. The van der Waals surface area contributed by atoms with Gasteiger partial charge in [0.15, 0.2) is 5.82 Å². The maximum Gasteiger partial charge on any atom is 0.303 e. The number of anilines is 1. The van der Waals surface area contributed by atoms with Gasteiger partial charge in [0, 0.05) is 43.3 Å². The van der Waals surface area contributed by atoms with Crippen LogP contribution in [0.1, 0.15) is 48.3 Å². The first-order valence-corrected chi connectivity index (χ1v) is 11.8. The minimum absolute atomic E-state index is 0.112. The summed E-state index contributed by atoms with van der Waals surface area (Å²) in [6.07, 6.45) is 5.71. The molecule has 1 N–H and O–H groups in total. The van der Waals surface area contributed by atoms with Crippen LogP contribution in [0, 0.1) is 12.7 Å². The van der Waals surface area contributed by atoms with E-state index in [9.17, 15) is 9.18 Å². The van der Waals surface area contributed by atoms with Gasteiger partial charge < -0.3 is 14.7 Å². The van der Waals surface area contributed by atoms with E-state index in [0.29, 0.717) is 5.82 Å². The molecule has 1 fully saturated rings. The zero-order valence-electron chi connectivity index (χ0n) is 19.2. The molecule has 3 aromatic rings. The van der Waals surface area contributed by atoms with Crippen molar-refractivity contribution >= 4 is 11.8 Å². The van der Waals surface area contributed by atoms with Crippen LogP contribution in [-0.4, -0.2) is 40.2 Å². The van der Waals surface area contributed by atoms with Gasteiger partial charge in [0.1, 0.15) is 23.5 Å². The standard InChI is InChI=1S/C27H28FN3O3/c1-17-16-29-26(18-4-6-21(28)7-5-18)30-27(17)31-12-10-22(11-13-31)34-23-8-9-24-19(14-23)2-3-20(24)15-25(32)33/h4-9,14,16,20,22H,2-3,10-13,15H2,1H3,(H,32,33)/t20-/m0/s1. The Morgan fingerprint density at radius 1 is 1.15 bits per heavy atom. The maximum absolute atomic E-state index is 13.3. The summed E-state index contributed by atoms with van der Waals surface area (Å²) in [7, 11) is 0. The van der Waals surface area contributed by atoms with Crippen LogP contribution in [0.4, 0.5) is 10.2 Å². The van der Waals surface area contributed by atoms with Crippen LogP contribution in [0.15, 0.2) is 48.7 Å². The number of hydrogen-bond donors (Lipinski definition) is 1. The number of aryl methyl sites for hydroxylation is 2. The summed E-state index contributed by atoms with van der Waals surface area (Å²) in [4.78, 5) is 22.6. The summed E-state index contributed by atoms with van der Waals surface area (Å²) in [6, 6.07) is 12.4. The molecule has 0 amide bonds. The Bertz CT molecular complexity index is 1190. The highest BCUT2D eigenvalue weighted by Crippen LogP contribution is 2.38. The molecule has 0 saturated carbocycles. The molecule has 176 valence electrons. The number of fused-ring (bicyclic) bond motifs is 1. The second kappa shape index (κ2) is 9.41. The Kier molecular flexibility index (Phi) is 6.18. The lowest BCUT2D eigenvalue weighted by atomic mass is 9.98. The average molecular weight is 462 g/mol. The van der Waals surface area contributed by atoms with Gasteiger partial charge in [-0.15, -0.1) is 0 Å². The van der Waals surface area contributed by atoms with Gasteiger partial charge in [0.05, 0.1) is 6.42 Å². The van der Waals surface area contributed by atoms with E-state index in [1.54, 1.807) is 12.1 Å². The van der Waals surface area contributed by atoms with Crippen molar-refractivity contribution in [1.82, 2.24) is 9.97 Å². The summed E-state index contributed by atoms with van der Waals surface area (Å²) in [6.45, 7) is 3.67. The third-order valence-corrected chi connectivity index (χ3v) is 6.83. The van der Waals surface area contributed by atoms with E-state index in [2.05, 4.69) is 16.0 Å². The molecule has 2 aromatic carbocycles. The normalized spacial score (nSPS) is 18.1. The zero-order valence-corrected chi connectivity index (χ0v) is 19.2. The number of benzene rings is 2. The Balaban J connectivity index is 1.22. The van der Waals surface area contributed by atoms with E-state index in [4.69, 9.17) is 14.8 Å². The molecule has 6 nitrogen and oxygen atoms in total. The summed E-state index contributed by atoms with van der Waals surface area (Å²) < 4.78 is 19.6. The van der Waals surface area contributed by atoms with Gasteiger partial charge in [-0.2, -0.15) is 0 Å². The molecule has 5 rings (SSSR count). The number of hydrogen-bond acceptors (Lipinski definition) is 5. The second-order valence-corrected chi connectivity index (χ2v) is 9.21. The Morgan fingerprint density at radius 2 is 1.91 bits per heavy atom. The quantitative estimate of drug-likeness (QED) is 0.548. The molecule has 34 heavy (non-hydrogen) atoms. The molecule has 7 heteroatoms.